The standard InChI is InChI=1S/C26H32F3N3O5S/c1-4-38(34,35)21-7-6-20(30-11-21)10-31-24(33)18-5-8-22-19(9-18)13-32(23(22)16(2)3)12-17-14-36-25(37-15-17)26(27,28)29/h5-9,11,16-17,23,25H,4,10,12-15H2,1-3H3,(H,31,33)/t17?,23-,25?/m0/s1. The first kappa shape index (κ1) is 28.5. The number of fused-ring (bicyclic) bond motifs is 1. The van der Waals surface area contributed by atoms with Crippen LogP contribution in [0.15, 0.2) is 41.4 Å². The molecule has 0 spiro atoms. The highest BCUT2D eigenvalue weighted by Gasteiger charge is 2.45. The third-order valence-corrected chi connectivity index (χ3v) is 8.54. The number of aromatic nitrogens is 1. The van der Waals surface area contributed by atoms with Crippen molar-refractivity contribution >= 4 is 15.7 Å². The summed E-state index contributed by atoms with van der Waals surface area (Å²) in [6.07, 6.45) is -5.42. The van der Waals surface area contributed by atoms with Gasteiger partial charge in [0.05, 0.1) is 36.1 Å². The van der Waals surface area contributed by atoms with Gasteiger partial charge in [-0.25, -0.2) is 8.42 Å². The lowest BCUT2D eigenvalue weighted by molar-refractivity contribution is -0.334. The number of nitrogens with zero attached hydrogens (tertiary/aromatic N) is 2. The Morgan fingerprint density at radius 2 is 1.89 bits per heavy atom. The van der Waals surface area contributed by atoms with Crippen LogP contribution in [0.5, 0.6) is 0 Å². The minimum absolute atomic E-state index is 0.0150. The molecular formula is C26H32F3N3O5S. The molecule has 0 saturated carbocycles. The van der Waals surface area contributed by atoms with E-state index < -0.39 is 22.3 Å². The quantitative estimate of drug-likeness (QED) is 0.528. The Kier molecular flexibility index (Phi) is 8.46. The van der Waals surface area contributed by atoms with Crippen molar-refractivity contribution in [2.45, 2.75) is 57.3 Å². The van der Waals surface area contributed by atoms with Gasteiger partial charge >= 0.3 is 6.18 Å². The zero-order valence-electron chi connectivity index (χ0n) is 21.5. The summed E-state index contributed by atoms with van der Waals surface area (Å²) >= 11 is 0. The number of hydrogen-bond donors (Lipinski definition) is 1. The zero-order chi connectivity index (χ0) is 27.7. The van der Waals surface area contributed by atoms with Gasteiger partial charge in [0, 0.05) is 36.8 Å². The molecule has 1 fully saturated rings. The van der Waals surface area contributed by atoms with Crippen molar-refractivity contribution in [3.8, 4) is 0 Å². The minimum atomic E-state index is -4.54. The SMILES string of the molecule is CCS(=O)(=O)c1ccc(CNC(=O)c2ccc3c(c2)CN(CC2COC(C(F)(F)F)OC2)[C@H]3C(C)C)nc1. The number of hydrogen-bond acceptors (Lipinski definition) is 7. The summed E-state index contributed by atoms with van der Waals surface area (Å²) in [5.41, 5.74) is 3.10. The minimum Gasteiger partial charge on any atom is -0.346 e. The Labute approximate surface area is 220 Å². The molecule has 12 heteroatoms. The average molecular weight is 556 g/mol. The van der Waals surface area contributed by atoms with Crippen molar-refractivity contribution in [3.05, 3.63) is 58.9 Å². The van der Waals surface area contributed by atoms with Gasteiger partial charge < -0.3 is 14.8 Å². The number of halogens is 3. The van der Waals surface area contributed by atoms with E-state index in [1.165, 1.54) is 12.3 Å². The summed E-state index contributed by atoms with van der Waals surface area (Å²) in [5, 5.41) is 2.82. The molecule has 0 aliphatic carbocycles. The highest BCUT2D eigenvalue weighted by Crippen LogP contribution is 2.40. The maximum atomic E-state index is 12.8. The lowest BCUT2D eigenvalue weighted by atomic mass is 9.94. The van der Waals surface area contributed by atoms with E-state index in [0.717, 1.165) is 11.1 Å². The predicted octanol–water partition coefficient (Wildman–Crippen LogP) is 3.87. The van der Waals surface area contributed by atoms with Crippen molar-refractivity contribution in [2.75, 3.05) is 25.5 Å². The molecule has 2 aliphatic heterocycles. The van der Waals surface area contributed by atoms with Crippen LogP contribution in [0.2, 0.25) is 0 Å². The summed E-state index contributed by atoms with van der Waals surface area (Å²) in [5.74, 6) is -0.251. The van der Waals surface area contributed by atoms with Gasteiger partial charge in [-0.2, -0.15) is 13.2 Å². The van der Waals surface area contributed by atoms with Crippen molar-refractivity contribution in [2.24, 2.45) is 11.8 Å². The van der Waals surface area contributed by atoms with Crippen molar-refractivity contribution in [1.82, 2.24) is 15.2 Å². The van der Waals surface area contributed by atoms with Crippen LogP contribution < -0.4 is 5.32 Å². The van der Waals surface area contributed by atoms with E-state index in [-0.39, 0.29) is 54.2 Å². The number of rotatable bonds is 8. The molecule has 1 aromatic carbocycles. The number of amides is 1. The van der Waals surface area contributed by atoms with E-state index in [1.807, 2.05) is 12.1 Å². The molecule has 1 saturated heterocycles. The van der Waals surface area contributed by atoms with Gasteiger partial charge in [0.2, 0.25) is 0 Å². The lowest BCUT2D eigenvalue weighted by Gasteiger charge is -2.35. The van der Waals surface area contributed by atoms with Crippen molar-refractivity contribution < 1.29 is 35.9 Å². The second-order valence-corrected chi connectivity index (χ2v) is 12.3. The Balaban J connectivity index is 1.38. The van der Waals surface area contributed by atoms with Crippen molar-refractivity contribution in [1.29, 1.82) is 0 Å². The molecule has 38 heavy (non-hydrogen) atoms. The summed E-state index contributed by atoms with van der Waals surface area (Å²) in [6, 6.07) is 8.66. The molecule has 1 atom stereocenters. The molecule has 8 nitrogen and oxygen atoms in total. The van der Waals surface area contributed by atoms with Crippen LogP contribution in [0.3, 0.4) is 0 Å². The lowest BCUT2D eigenvalue weighted by Crippen LogP contribution is -2.45. The van der Waals surface area contributed by atoms with Crippen LogP contribution in [0.1, 0.15) is 54.0 Å². The summed E-state index contributed by atoms with van der Waals surface area (Å²) < 4.78 is 72.2. The summed E-state index contributed by atoms with van der Waals surface area (Å²) in [6.45, 7) is 6.89. The topological polar surface area (TPSA) is 97.8 Å². The molecule has 0 bridgehead atoms. The maximum absolute atomic E-state index is 12.8. The van der Waals surface area contributed by atoms with Gasteiger partial charge in [0.1, 0.15) is 0 Å². The van der Waals surface area contributed by atoms with E-state index in [1.54, 1.807) is 19.1 Å². The van der Waals surface area contributed by atoms with E-state index >= 15 is 0 Å². The van der Waals surface area contributed by atoms with E-state index in [2.05, 4.69) is 29.0 Å². The Bertz CT molecular complexity index is 1240. The number of ether oxygens (including phenoxy) is 2. The van der Waals surface area contributed by atoms with Crippen molar-refractivity contribution in [3.63, 3.8) is 0 Å². The number of alkyl halides is 3. The highest BCUT2D eigenvalue weighted by atomic mass is 32.2. The number of carbonyl (C=O) groups is 1. The van der Waals surface area contributed by atoms with Crippen LogP contribution in [0, 0.1) is 11.8 Å². The van der Waals surface area contributed by atoms with Crippen LogP contribution >= 0.6 is 0 Å². The Hall–Kier alpha value is -2.54. The maximum Gasteiger partial charge on any atom is 0.440 e. The first-order chi connectivity index (χ1) is 17.9. The first-order valence-electron chi connectivity index (χ1n) is 12.5. The molecule has 0 radical (unpaired) electrons. The Morgan fingerprint density at radius 1 is 1.18 bits per heavy atom. The molecule has 1 amide bonds. The van der Waals surface area contributed by atoms with Crippen LogP contribution in [-0.4, -0.2) is 62.2 Å². The van der Waals surface area contributed by atoms with Gasteiger partial charge in [0.15, 0.2) is 9.84 Å². The molecule has 0 unspecified atom stereocenters. The fourth-order valence-corrected chi connectivity index (χ4v) is 5.78. The number of pyridine rings is 1. The molecule has 4 rings (SSSR count). The van der Waals surface area contributed by atoms with Gasteiger partial charge in [-0.3, -0.25) is 14.7 Å². The third-order valence-electron chi connectivity index (χ3n) is 6.82. The number of sulfone groups is 1. The normalized spacial score (nSPS) is 22.4. The molecule has 1 N–H and O–H groups in total. The predicted molar refractivity (Wildman–Crippen MR) is 133 cm³/mol. The largest absolute Gasteiger partial charge is 0.440 e. The fourth-order valence-electron chi connectivity index (χ4n) is 4.95. The van der Waals surface area contributed by atoms with Gasteiger partial charge in [-0.1, -0.05) is 26.8 Å². The van der Waals surface area contributed by atoms with E-state index in [0.29, 0.717) is 24.3 Å². The second-order valence-electron chi connectivity index (χ2n) is 10.0. The van der Waals surface area contributed by atoms with Gasteiger partial charge in [-0.15, -0.1) is 0 Å². The first-order valence-corrected chi connectivity index (χ1v) is 14.2. The smallest absolute Gasteiger partial charge is 0.346 e. The molecule has 2 aromatic rings. The highest BCUT2D eigenvalue weighted by molar-refractivity contribution is 7.91. The fraction of sp³-hybridized carbons (Fsp3) is 0.538. The molecule has 2 aliphatic rings. The molecule has 3 heterocycles. The van der Waals surface area contributed by atoms with Gasteiger partial charge in [0.25, 0.3) is 12.2 Å². The monoisotopic (exact) mass is 555 g/mol. The molecule has 1 aromatic heterocycles. The van der Waals surface area contributed by atoms with Crippen LogP contribution in [0.25, 0.3) is 0 Å². The van der Waals surface area contributed by atoms with E-state index in [9.17, 15) is 26.4 Å². The van der Waals surface area contributed by atoms with Gasteiger partial charge in [-0.05, 0) is 41.3 Å². The summed E-state index contributed by atoms with van der Waals surface area (Å²) in [4.78, 5) is 19.3. The summed E-state index contributed by atoms with van der Waals surface area (Å²) in [7, 11) is -3.34. The van der Waals surface area contributed by atoms with E-state index in [4.69, 9.17) is 9.47 Å². The van der Waals surface area contributed by atoms with Crippen LogP contribution in [-0.2, 0) is 32.4 Å². The zero-order valence-corrected chi connectivity index (χ0v) is 22.3. The molecular weight excluding hydrogens is 523 g/mol. The number of benzene rings is 1. The third kappa shape index (κ3) is 6.36. The average Bonchev–Trinajstić information content (AvgIpc) is 3.24. The Morgan fingerprint density at radius 3 is 2.47 bits per heavy atom. The number of carbonyl (C=O) groups excluding carboxylic acids is 1. The number of nitrogens with one attached hydrogen (secondary N) is 1. The van der Waals surface area contributed by atoms with Crippen LogP contribution in [0.4, 0.5) is 13.2 Å². The second kappa shape index (κ2) is 11.3. The molecule has 208 valence electrons.